The maximum Gasteiger partial charge on any atom is 0.120 e. The normalized spacial score (nSPS) is 18.8. The molecule has 1 aromatic carbocycles. The highest BCUT2D eigenvalue weighted by Crippen LogP contribution is 2.25. The fraction of sp³-hybridized carbons (Fsp3) is 0.538. The van der Waals surface area contributed by atoms with Crippen molar-refractivity contribution in [3.63, 3.8) is 0 Å². The van der Waals surface area contributed by atoms with Crippen molar-refractivity contribution < 1.29 is 9.94 Å². The van der Waals surface area contributed by atoms with Gasteiger partial charge in [0.1, 0.15) is 5.75 Å². The van der Waals surface area contributed by atoms with Crippen LogP contribution in [0.3, 0.4) is 0 Å². The summed E-state index contributed by atoms with van der Waals surface area (Å²) in [6, 6.07) is 7.36. The van der Waals surface area contributed by atoms with Crippen molar-refractivity contribution in [3.8, 4) is 5.75 Å². The first-order valence-corrected chi connectivity index (χ1v) is 5.96. The van der Waals surface area contributed by atoms with E-state index in [1.54, 1.807) is 6.07 Å². The molecule has 0 bridgehead atoms. The zero-order valence-corrected chi connectivity index (χ0v) is 9.65. The molecule has 1 unspecified atom stereocenters. The second-order valence-electron chi connectivity index (χ2n) is 4.42. The van der Waals surface area contributed by atoms with Gasteiger partial charge < -0.3 is 5.11 Å². The van der Waals surface area contributed by atoms with Crippen LogP contribution in [0.5, 0.6) is 5.75 Å². The zero-order chi connectivity index (χ0) is 11.4. The lowest BCUT2D eigenvalue weighted by Crippen LogP contribution is -2.24. The molecule has 1 fully saturated rings. The van der Waals surface area contributed by atoms with Gasteiger partial charge in [-0.1, -0.05) is 31.0 Å². The van der Waals surface area contributed by atoms with Gasteiger partial charge in [0, 0.05) is 5.56 Å². The van der Waals surface area contributed by atoms with Crippen molar-refractivity contribution >= 4 is 0 Å². The first kappa shape index (κ1) is 11.4. The van der Waals surface area contributed by atoms with E-state index >= 15 is 0 Å². The zero-order valence-electron chi connectivity index (χ0n) is 9.65. The van der Waals surface area contributed by atoms with E-state index in [2.05, 4.69) is 5.48 Å². The summed E-state index contributed by atoms with van der Waals surface area (Å²) in [5, 5.41) is 9.68. The Bertz CT molecular complexity index is 334. The van der Waals surface area contributed by atoms with E-state index < -0.39 is 0 Å². The largest absolute Gasteiger partial charge is 0.508 e. The van der Waals surface area contributed by atoms with E-state index in [1.165, 1.54) is 12.8 Å². The van der Waals surface area contributed by atoms with Gasteiger partial charge in [-0.2, -0.15) is 5.48 Å². The molecule has 0 saturated heterocycles. The maximum absolute atomic E-state index is 9.68. The molecule has 0 heterocycles. The van der Waals surface area contributed by atoms with Gasteiger partial charge >= 0.3 is 0 Å². The van der Waals surface area contributed by atoms with Gasteiger partial charge in [0.05, 0.1) is 12.1 Å². The second kappa shape index (κ2) is 5.32. The van der Waals surface area contributed by atoms with E-state index in [0.717, 1.165) is 18.4 Å². The molecule has 1 aliphatic rings. The number of hydrogen-bond acceptors (Lipinski definition) is 3. The van der Waals surface area contributed by atoms with Crippen LogP contribution in [0.1, 0.15) is 44.2 Å². The van der Waals surface area contributed by atoms with Crippen molar-refractivity contribution in [2.45, 2.75) is 44.8 Å². The Morgan fingerprint density at radius 3 is 2.69 bits per heavy atom. The molecular formula is C13H19NO2. The minimum Gasteiger partial charge on any atom is -0.508 e. The summed E-state index contributed by atoms with van der Waals surface area (Å²) in [6.45, 7) is 1.99. The van der Waals surface area contributed by atoms with Crippen molar-refractivity contribution in [1.82, 2.24) is 5.48 Å². The molecule has 16 heavy (non-hydrogen) atoms. The van der Waals surface area contributed by atoms with Crippen molar-refractivity contribution in [1.29, 1.82) is 0 Å². The molecule has 3 nitrogen and oxygen atoms in total. The summed E-state index contributed by atoms with van der Waals surface area (Å²) in [6.07, 6.45) is 5.14. The lowest BCUT2D eigenvalue weighted by Gasteiger charge is -2.18. The van der Waals surface area contributed by atoms with Gasteiger partial charge in [0.15, 0.2) is 0 Å². The topological polar surface area (TPSA) is 41.5 Å². The van der Waals surface area contributed by atoms with Crippen LogP contribution < -0.4 is 5.48 Å². The van der Waals surface area contributed by atoms with Crippen LogP contribution in [0.4, 0.5) is 0 Å². The van der Waals surface area contributed by atoms with Crippen molar-refractivity contribution in [3.05, 3.63) is 29.8 Å². The lowest BCUT2D eigenvalue weighted by molar-refractivity contribution is -0.0379. The van der Waals surface area contributed by atoms with Gasteiger partial charge in [-0.3, -0.25) is 4.84 Å². The fourth-order valence-electron chi connectivity index (χ4n) is 2.12. The van der Waals surface area contributed by atoms with Crippen LogP contribution in [0, 0.1) is 0 Å². The average Bonchev–Trinajstić information content (AvgIpc) is 2.79. The number of rotatable bonds is 4. The molecule has 88 valence electrons. The number of nitrogens with one attached hydrogen (secondary N) is 1. The van der Waals surface area contributed by atoms with Gasteiger partial charge in [-0.25, -0.2) is 0 Å². The quantitative estimate of drug-likeness (QED) is 0.768. The Balaban J connectivity index is 1.87. The van der Waals surface area contributed by atoms with Crippen LogP contribution in [0.2, 0.25) is 0 Å². The lowest BCUT2D eigenvalue weighted by atomic mass is 10.1. The van der Waals surface area contributed by atoms with E-state index in [-0.39, 0.29) is 6.04 Å². The number of phenolic OH excluding ortho intramolecular Hbond substituents is 1. The average molecular weight is 221 g/mol. The summed E-state index contributed by atoms with van der Waals surface area (Å²) >= 11 is 0. The molecule has 3 heteroatoms. The molecular weight excluding hydrogens is 202 g/mol. The molecule has 0 aromatic heterocycles. The van der Waals surface area contributed by atoms with E-state index in [1.807, 2.05) is 25.1 Å². The Morgan fingerprint density at radius 1 is 1.31 bits per heavy atom. The number of phenols is 1. The number of hydroxylamine groups is 1. The minimum absolute atomic E-state index is 0.0156. The Labute approximate surface area is 96.4 Å². The number of para-hydroxylation sites is 1. The summed E-state index contributed by atoms with van der Waals surface area (Å²) in [5.74, 6) is 0.317. The smallest absolute Gasteiger partial charge is 0.120 e. The van der Waals surface area contributed by atoms with Gasteiger partial charge in [0.2, 0.25) is 0 Å². The molecule has 1 aromatic rings. The highest BCUT2D eigenvalue weighted by Gasteiger charge is 2.17. The molecule has 1 atom stereocenters. The first-order chi connectivity index (χ1) is 7.77. The standard InChI is InChI=1S/C13H19NO2/c1-10(12-8-4-5-9-13(12)15)14-16-11-6-2-3-7-11/h4-5,8-11,14-15H,2-3,6-7H2,1H3. The van der Waals surface area contributed by atoms with Crippen LogP contribution in [0.25, 0.3) is 0 Å². The summed E-state index contributed by atoms with van der Waals surface area (Å²) in [7, 11) is 0. The molecule has 2 N–H and O–H groups in total. The highest BCUT2D eigenvalue weighted by atomic mass is 16.7. The molecule has 0 spiro atoms. The van der Waals surface area contributed by atoms with E-state index in [9.17, 15) is 5.11 Å². The third kappa shape index (κ3) is 2.74. The third-order valence-electron chi connectivity index (χ3n) is 3.12. The Kier molecular flexibility index (Phi) is 3.80. The minimum atomic E-state index is 0.0156. The second-order valence-corrected chi connectivity index (χ2v) is 4.42. The summed E-state index contributed by atoms with van der Waals surface area (Å²) < 4.78 is 0. The Hall–Kier alpha value is -1.06. The Morgan fingerprint density at radius 2 is 2.00 bits per heavy atom. The monoisotopic (exact) mass is 221 g/mol. The molecule has 1 aliphatic carbocycles. The molecule has 0 aliphatic heterocycles. The molecule has 0 radical (unpaired) electrons. The summed E-state index contributed by atoms with van der Waals surface area (Å²) in [4.78, 5) is 5.61. The highest BCUT2D eigenvalue weighted by molar-refractivity contribution is 5.33. The van der Waals surface area contributed by atoms with E-state index in [0.29, 0.717) is 11.9 Å². The van der Waals surface area contributed by atoms with Gasteiger partial charge in [-0.05, 0) is 25.8 Å². The van der Waals surface area contributed by atoms with E-state index in [4.69, 9.17) is 4.84 Å². The van der Waals surface area contributed by atoms with Gasteiger partial charge in [-0.15, -0.1) is 0 Å². The van der Waals surface area contributed by atoms with Crippen LogP contribution in [-0.2, 0) is 4.84 Å². The number of aromatic hydroxyl groups is 1. The molecule has 0 amide bonds. The third-order valence-corrected chi connectivity index (χ3v) is 3.12. The van der Waals surface area contributed by atoms with Crippen LogP contribution in [-0.4, -0.2) is 11.2 Å². The van der Waals surface area contributed by atoms with Gasteiger partial charge in [0.25, 0.3) is 0 Å². The SMILES string of the molecule is CC(NOC1CCCC1)c1ccccc1O. The predicted octanol–water partition coefficient (Wildman–Crippen LogP) is 2.92. The number of hydrogen-bond donors (Lipinski definition) is 2. The van der Waals surface area contributed by atoms with Crippen LogP contribution >= 0.6 is 0 Å². The van der Waals surface area contributed by atoms with Crippen molar-refractivity contribution in [2.24, 2.45) is 0 Å². The predicted molar refractivity (Wildman–Crippen MR) is 63.0 cm³/mol. The first-order valence-electron chi connectivity index (χ1n) is 5.96. The van der Waals surface area contributed by atoms with Crippen LogP contribution in [0.15, 0.2) is 24.3 Å². The number of benzene rings is 1. The molecule has 2 rings (SSSR count). The summed E-state index contributed by atoms with van der Waals surface area (Å²) in [5.41, 5.74) is 3.90. The maximum atomic E-state index is 9.68. The fourth-order valence-corrected chi connectivity index (χ4v) is 2.12. The van der Waals surface area contributed by atoms with Crippen molar-refractivity contribution in [2.75, 3.05) is 0 Å². The molecule has 1 saturated carbocycles.